The maximum atomic E-state index is 13.6. The number of alkyl halides is 2. The van der Waals surface area contributed by atoms with Crippen molar-refractivity contribution in [3.63, 3.8) is 0 Å². The first-order valence-electron chi connectivity index (χ1n) is 9.84. The van der Waals surface area contributed by atoms with Gasteiger partial charge < -0.3 is 5.32 Å². The van der Waals surface area contributed by atoms with E-state index in [9.17, 15) is 13.6 Å². The summed E-state index contributed by atoms with van der Waals surface area (Å²) in [6, 6.07) is 0.934. The Hall–Kier alpha value is -0.710. The molecular weight excluding hydrogens is 322 g/mol. The monoisotopic (exact) mass is 356 g/mol. The van der Waals surface area contributed by atoms with E-state index in [4.69, 9.17) is 0 Å². The molecule has 144 valence electrons. The predicted molar refractivity (Wildman–Crippen MR) is 95.6 cm³/mol. The molecule has 0 radical (unpaired) electrons. The van der Waals surface area contributed by atoms with Gasteiger partial charge in [0.05, 0.1) is 0 Å². The fraction of sp³-hybridized carbons (Fsp3) is 0.950. The highest BCUT2D eigenvalue weighted by Crippen LogP contribution is 2.61. The highest BCUT2D eigenvalue weighted by atomic mass is 19.3. The van der Waals surface area contributed by atoms with Crippen LogP contribution in [0.2, 0.25) is 0 Å². The summed E-state index contributed by atoms with van der Waals surface area (Å²) < 4.78 is 27.2. The van der Waals surface area contributed by atoms with Gasteiger partial charge in [0.25, 0.3) is 5.92 Å². The van der Waals surface area contributed by atoms with Gasteiger partial charge in [-0.15, -0.1) is 0 Å². The Kier molecular flexibility index (Phi) is 4.71. The van der Waals surface area contributed by atoms with Crippen LogP contribution < -0.4 is 5.32 Å². The Morgan fingerprint density at radius 1 is 1.24 bits per heavy atom. The summed E-state index contributed by atoms with van der Waals surface area (Å²) in [6.07, 6.45) is 4.78. The number of halogens is 2. The van der Waals surface area contributed by atoms with E-state index in [0.717, 1.165) is 25.7 Å². The van der Waals surface area contributed by atoms with Crippen LogP contribution in [0, 0.1) is 16.7 Å². The second-order valence-electron chi connectivity index (χ2n) is 10.2. The second-order valence-corrected chi connectivity index (χ2v) is 10.2. The third-order valence-electron chi connectivity index (χ3n) is 7.03. The van der Waals surface area contributed by atoms with Gasteiger partial charge in [0.15, 0.2) is 0 Å². The lowest BCUT2D eigenvalue weighted by atomic mass is 9.85. The molecule has 2 aliphatic heterocycles. The van der Waals surface area contributed by atoms with Gasteiger partial charge in [-0.2, -0.15) is 0 Å². The lowest BCUT2D eigenvalue weighted by molar-refractivity contribution is -0.124. The van der Waals surface area contributed by atoms with Gasteiger partial charge in [-0.1, -0.05) is 27.7 Å². The fourth-order valence-corrected chi connectivity index (χ4v) is 4.61. The number of amides is 1. The van der Waals surface area contributed by atoms with E-state index in [2.05, 4.69) is 37.9 Å². The molecule has 3 nitrogen and oxygen atoms in total. The van der Waals surface area contributed by atoms with Crippen molar-refractivity contribution in [1.82, 2.24) is 10.2 Å². The molecule has 3 fully saturated rings. The van der Waals surface area contributed by atoms with Crippen molar-refractivity contribution in [2.45, 2.75) is 97.2 Å². The molecule has 0 spiro atoms. The maximum Gasteiger partial charge on any atom is 0.255 e. The Bertz CT molecular complexity index is 516. The predicted octanol–water partition coefficient (Wildman–Crippen LogP) is 4.22. The minimum absolute atomic E-state index is 0.0342. The Labute approximate surface area is 150 Å². The molecule has 1 saturated carbocycles. The van der Waals surface area contributed by atoms with Crippen molar-refractivity contribution in [1.29, 1.82) is 0 Å². The summed E-state index contributed by atoms with van der Waals surface area (Å²) in [5.74, 6) is -1.94. The number of fused-ring (bicyclic) bond motifs is 2. The number of carbonyl (C=O) groups excluding carboxylic acids is 1. The zero-order chi connectivity index (χ0) is 18.6. The second kappa shape index (κ2) is 6.17. The standard InChI is InChI=1S/C20H34F2N2O/c1-13(18(2,3)4)23-17(25)10-14-8-15-6-7-16(9-14)24(15)12-19(5)11-20(19,21)22/h13-16H,6-12H2,1-5H3,(H,23,25)/t13?,14?,15?,16?,19-/m1/s1. The third-order valence-corrected chi connectivity index (χ3v) is 7.03. The first-order chi connectivity index (χ1) is 11.4. The van der Waals surface area contributed by atoms with Gasteiger partial charge >= 0.3 is 0 Å². The molecule has 25 heavy (non-hydrogen) atoms. The van der Waals surface area contributed by atoms with E-state index < -0.39 is 11.3 Å². The van der Waals surface area contributed by atoms with Gasteiger partial charge in [-0.3, -0.25) is 9.69 Å². The van der Waals surface area contributed by atoms with Crippen molar-refractivity contribution in [3.05, 3.63) is 0 Å². The number of rotatable bonds is 5. The van der Waals surface area contributed by atoms with Gasteiger partial charge in [-0.25, -0.2) is 8.78 Å². The molecule has 4 atom stereocenters. The molecular formula is C20H34F2N2O. The van der Waals surface area contributed by atoms with E-state index >= 15 is 0 Å². The smallest absolute Gasteiger partial charge is 0.255 e. The zero-order valence-electron chi connectivity index (χ0n) is 16.4. The molecule has 5 heteroatoms. The van der Waals surface area contributed by atoms with E-state index in [1.165, 1.54) is 0 Å². The van der Waals surface area contributed by atoms with E-state index in [-0.39, 0.29) is 23.8 Å². The summed E-state index contributed by atoms with van der Waals surface area (Å²) in [5.41, 5.74) is -0.761. The van der Waals surface area contributed by atoms with Crippen LogP contribution in [0.3, 0.4) is 0 Å². The number of nitrogens with one attached hydrogen (secondary N) is 1. The Balaban J connectivity index is 1.51. The van der Waals surface area contributed by atoms with E-state index in [0.29, 0.717) is 31.0 Å². The Morgan fingerprint density at radius 3 is 2.20 bits per heavy atom. The molecule has 0 aromatic heterocycles. The molecule has 3 rings (SSSR count). The van der Waals surface area contributed by atoms with Crippen molar-refractivity contribution < 1.29 is 13.6 Å². The molecule has 2 bridgehead atoms. The summed E-state index contributed by atoms with van der Waals surface area (Å²) in [5, 5.41) is 3.14. The van der Waals surface area contributed by atoms with Gasteiger partial charge in [-0.05, 0) is 43.9 Å². The number of hydrogen-bond acceptors (Lipinski definition) is 2. The number of piperidine rings is 1. The molecule has 0 aromatic rings. The fourth-order valence-electron chi connectivity index (χ4n) is 4.61. The Morgan fingerprint density at radius 2 is 1.76 bits per heavy atom. The van der Waals surface area contributed by atoms with Crippen molar-refractivity contribution in [2.75, 3.05) is 6.54 Å². The highest BCUT2D eigenvalue weighted by Gasteiger charge is 2.68. The molecule has 3 unspecified atom stereocenters. The number of carbonyl (C=O) groups is 1. The van der Waals surface area contributed by atoms with Crippen LogP contribution in [0.4, 0.5) is 8.78 Å². The minimum atomic E-state index is -2.48. The topological polar surface area (TPSA) is 32.3 Å². The van der Waals surface area contributed by atoms with Crippen LogP contribution in [0.25, 0.3) is 0 Å². The van der Waals surface area contributed by atoms with Crippen LogP contribution in [-0.2, 0) is 4.79 Å². The molecule has 3 aliphatic rings. The van der Waals surface area contributed by atoms with Crippen LogP contribution in [0.5, 0.6) is 0 Å². The summed E-state index contributed by atoms with van der Waals surface area (Å²) in [4.78, 5) is 14.7. The third kappa shape index (κ3) is 3.86. The van der Waals surface area contributed by atoms with Crippen LogP contribution >= 0.6 is 0 Å². The minimum Gasteiger partial charge on any atom is -0.353 e. The quantitative estimate of drug-likeness (QED) is 0.800. The summed E-state index contributed by atoms with van der Waals surface area (Å²) in [7, 11) is 0. The molecule has 2 saturated heterocycles. The molecule has 1 amide bonds. The zero-order valence-corrected chi connectivity index (χ0v) is 16.4. The lowest BCUT2D eigenvalue weighted by Gasteiger charge is -2.40. The molecule has 1 N–H and O–H groups in total. The lowest BCUT2D eigenvalue weighted by Crippen LogP contribution is -2.47. The summed E-state index contributed by atoms with van der Waals surface area (Å²) >= 11 is 0. The van der Waals surface area contributed by atoms with Gasteiger partial charge in [0.1, 0.15) is 0 Å². The largest absolute Gasteiger partial charge is 0.353 e. The van der Waals surface area contributed by atoms with Crippen LogP contribution in [0.15, 0.2) is 0 Å². The van der Waals surface area contributed by atoms with Crippen molar-refractivity contribution in [3.8, 4) is 0 Å². The highest BCUT2D eigenvalue weighted by molar-refractivity contribution is 5.76. The molecule has 2 heterocycles. The molecule has 1 aliphatic carbocycles. The molecule has 0 aromatic carbocycles. The SMILES string of the molecule is CC(NC(=O)CC1CC2CCC(C1)N2C[C@@]1(C)CC1(F)F)C(C)(C)C. The number of hydrogen-bond donors (Lipinski definition) is 1. The van der Waals surface area contributed by atoms with Crippen molar-refractivity contribution in [2.24, 2.45) is 16.7 Å². The first kappa shape index (κ1) is 19.1. The van der Waals surface area contributed by atoms with Gasteiger partial charge in [0.2, 0.25) is 5.91 Å². The van der Waals surface area contributed by atoms with Crippen LogP contribution in [-0.4, -0.2) is 41.4 Å². The van der Waals surface area contributed by atoms with Gasteiger partial charge in [0, 0.05) is 42.9 Å². The normalized spacial score (nSPS) is 38.4. The van der Waals surface area contributed by atoms with E-state index in [1.807, 2.05) is 0 Å². The average Bonchev–Trinajstić information content (AvgIpc) is 2.87. The first-order valence-corrected chi connectivity index (χ1v) is 9.84. The van der Waals surface area contributed by atoms with E-state index in [1.54, 1.807) is 6.92 Å². The van der Waals surface area contributed by atoms with Crippen molar-refractivity contribution >= 4 is 5.91 Å². The maximum absolute atomic E-state index is 13.6. The average molecular weight is 357 g/mol. The van der Waals surface area contributed by atoms with Crippen LogP contribution in [0.1, 0.15) is 73.1 Å². The summed E-state index contributed by atoms with van der Waals surface area (Å²) in [6.45, 7) is 10.7. The number of nitrogens with zero attached hydrogens (tertiary/aromatic N) is 1.